The van der Waals surface area contributed by atoms with Gasteiger partial charge in [0.25, 0.3) is 0 Å². The van der Waals surface area contributed by atoms with Gasteiger partial charge in [0.15, 0.2) is 0 Å². The number of anilines is 1. The van der Waals surface area contributed by atoms with E-state index in [1.165, 1.54) is 4.90 Å². The third kappa shape index (κ3) is 4.62. The van der Waals surface area contributed by atoms with Crippen molar-refractivity contribution >= 4 is 36.0 Å². The Hall–Kier alpha value is -0.610. The van der Waals surface area contributed by atoms with Gasteiger partial charge in [-0.25, -0.2) is 0 Å². The van der Waals surface area contributed by atoms with Crippen LogP contribution in [0.25, 0.3) is 0 Å². The van der Waals surface area contributed by atoms with E-state index < -0.39 is 0 Å². The van der Waals surface area contributed by atoms with Gasteiger partial charge >= 0.3 is 0 Å². The van der Waals surface area contributed by atoms with Crippen molar-refractivity contribution in [1.82, 2.24) is 0 Å². The highest BCUT2D eigenvalue weighted by atomic mass is 32.2. The van der Waals surface area contributed by atoms with Crippen molar-refractivity contribution < 1.29 is 4.79 Å². The van der Waals surface area contributed by atoms with E-state index in [9.17, 15) is 4.79 Å². The third-order valence-electron chi connectivity index (χ3n) is 1.79. The summed E-state index contributed by atoms with van der Waals surface area (Å²) < 4.78 is 0. The number of benzene rings is 1. The van der Waals surface area contributed by atoms with E-state index in [4.69, 9.17) is 0 Å². The molecule has 1 rings (SSSR count). The molecule has 1 aromatic rings. The molecule has 0 atom stereocenters. The zero-order valence-electron chi connectivity index (χ0n) is 8.69. The van der Waals surface area contributed by atoms with Crippen molar-refractivity contribution in [3.63, 3.8) is 0 Å². The lowest BCUT2D eigenvalue weighted by Gasteiger charge is -2.04. The summed E-state index contributed by atoms with van der Waals surface area (Å²) in [6, 6.07) is 7.89. The van der Waals surface area contributed by atoms with Gasteiger partial charge in [-0.1, -0.05) is 6.92 Å². The van der Waals surface area contributed by atoms with Crippen LogP contribution in [0, 0.1) is 0 Å². The maximum absolute atomic E-state index is 11.3. The van der Waals surface area contributed by atoms with Crippen LogP contribution in [0.4, 0.5) is 5.69 Å². The number of nitrogens with one attached hydrogen (secondary N) is 1. The lowest BCUT2D eigenvalue weighted by Crippen LogP contribution is -2.11. The highest BCUT2D eigenvalue weighted by Gasteiger charge is 2.00. The Kier molecular flexibility index (Phi) is 5.65. The molecule has 0 saturated heterocycles. The molecule has 0 aliphatic carbocycles. The van der Waals surface area contributed by atoms with Crippen molar-refractivity contribution in [3.05, 3.63) is 24.3 Å². The first kappa shape index (κ1) is 12.5. The first-order chi connectivity index (χ1) is 7.26. The number of hydrogen-bond donors (Lipinski definition) is 2. The summed E-state index contributed by atoms with van der Waals surface area (Å²) in [6.07, 6.45) is 0.453. The molecule has 82 valence electrons. The summed E-state index contributed by atoms with van der Waals surface area (Å²) in [5.41, 5.74) is 0.849. The molecule has 0 aliphatic rings. The first-order valence-electron chi connectivity index (χ1n) is 4.90. The Bertz CT molecular complexity index is 311. The highest BCUT2D eigenvalue weighted by molar-refractivity contribution is 7.99. The van der Waals surface area contributed by atoms with Gasteiger partial charge < -0.3 is 5.32 Å². The van der Waals surface area contributed by atoms with Crippen molar-refractivity contribution in [2.75, 3.05) is 16.8 Å². The largest absolute Gasteiger partial charge is 0.326 e. The number of carbonyl (C=O) groups is 1. The molecule has 0 radical (unpaired) electrons. The Balaban J connectivity index is 2.52. The van der Waals surface area contributed by atoms with Gasteiger partial charge in [0.2, 0.25) is 5.91 Å². The second kappa shape index (κ2) is 6.80. The van der Waals surface area contributed by atoms with Crippen LogP contribution < -0.4 is 5.32 Å². The lowest BCUT2D eigenvalue weighted by molar-refractivity contribution is -0.115. The molecule has 0 heterocycles. The number of rotatable bonds is 5. The summed E-state index contributed by atoms with van der Waals surface area (Å²) >= 11 is 5.79. The SMILES string of the molecule is CCSc1ccc(NC(=O)CCS)cc1. The van der Waals surface area contributed by atoms with Crippen LogP contribution in [0.2, 0.25) is 0 Å². The average Bonchev–Trinajstić information content (AvgIpc) is 2.22. The van der Waals surface area contributed by atoms with E-state index >= 15 is 0 Å². The van der Waals surface area contributed by atoms with Gasteiger partial charge in [0.1, 0.15) is 0 Å². The fourth-order valence-corrected chi connectivity index (χ4v) is 1.99. The molecule has 0 aromatic heterocycles. The molecule has 0 saturated carbocycles. The van der Waals surface area contributed by atoms with Gasteiger partial charge in [-0.3, -0.25) is 4.79 Å². The number of thiol groups is 1. The molecule has 0 bridgehead atoms. The molecule has 0 spiro atoms. The van der Waals surface area contributed by atoms with E-state index in [1.54, 1.807) is 11.8 Å². The van der Waals surface area contributed by atoms with Crippen LogP contribution in [0.1, 0.15) is 13.3 Å². The molecule has 0 fully saturated rings. The normalized spacial score (nSPS) is 10.0. The van der Waals surface area contributed by atoms with E-state index in [0.29, 0.717) is 12.2 Å². The highest BCUT2D eigenvalue weighted by Crippen LogP contribution is 2.19. The first-order valence-corrected chi connectivity index (χ1v) is 6.51. The van der Waals surface area contributed by atoms with Crippen molar-refractivity contribution in [3.8, 4) is 0 Å². The fraction of sp³-hybridized carbons (Fsp3) is 0.364. The molecular weight excluding hydrogens is 226 g/mol. The Morgan fingerprint density at radius 3 is 2.60 bits per heavy atom. The van der Waals surface area contributed by atoms with E-state index in [2.05, 4.69) is 24.9 Å². The number of amides is 1. The quantitative estimate of drug-likeness (QED) is 0.613. The van der Waals surface area contributed by atoms with E-state index in [-0.39, 0.29) is 5.91 Å². The van der Waals surface area contributed by atoms with Crippen LogP contribution in [0.15, 0.2) is 29.2 Å². The van der Waals surface area contributed by atoms with E-state index in [1.807, 2.05) is 24.3 Å². The summed E-state index contributed by atoms with van der Waals surface area (Å²) in [5.74, 6) is 1.65. The molecule has 0 aliphatic heterocycles. The van der Waals surface area contributed by atoms with E-state index in [0.717, 1.165) is 11.4 Å². The summed E-state index contributed by atoms with van der Waals surface area (Å²) in [4.78, 5) is 12.5. The molecule has 15 heavy (non-hydrogen) atoms. The van der Waals surface area contributed by atoms with Gasteiger partial charge in [0, 0.05) is 17.0 Å². The monoisotopic (exact) mass is 241 g/mol. The smallest absolute Gasteiger partial charge is 0.225 e. The second-order valence-corrected chi connectivity index (χ2v) is 4.76. The summed E-state index contributed by atoms with van der Waals surface area (Å²) in [5, 5.41) is 2.82. The minimum Gasteiger partial charge on any atom is -0.326 e. The summed E-state index contributed by atoms with van der Waals surface area (Å²) in [7, 11) is 0. The fourth-order valence-electron chi connectivity index (χ4n) is 1.13. The standard InChI is InChI=1S/C11H15NOS2/c1-2-15-10-5-3-9(4-6-10)12-11(13)7-8-14/h3-6,14H,2,7-8H2,1H3,(H,12,13). The third-order valence-corrected chi connectivity index (χ3v) is 2.91. The topological polar surface area (TPSA) is 29.1 Å². The number of thioether (sulfide) groups is 1. The van der Waals surface area contributed by atoms with Crippen molar-refractivity contribution in [1.29, 1.82) is 0 Å². The molecule has 1 N–H and O–H groups in total. The molecule has 2 nitrogen and oxygen atoms in total. The van der Waals surface area contributed by atoms with Crippen molar-refractivity contribution in [2.45, 2.75) is 18.2 Å². The predicted octanol–water partition coefficient (Wildman–Crippen LogP) is 3.06. The second-order valence-electron chi connectivity index (χ2n) is 2.98. The molecule has 0 unspecified atom stereocenters. The summed E-state index contributed by atoms with van der Waals surface area (Å²) in [6.45, 7) is 2.12. The molecular formula is C11H15NOS2. The molecule has 1 aromatic carbocycles. The number of carbonyl (C=O) groups excluding carboxylic acids is 1. The Morgan fingerprint density at radius 2 is 2.07 bits per heavy atom. The van der Waals surface area contributed by atoms with Crippen LogP contribution in [-0.4, -0.2) is 17.4 Å². The van der Waals surface area contributed by atoms with Crippen LogP contribution in [0.5, 0.6) is 0 Å². The van der Waals surface area contributed by atoms with Crippen LogP contribution in [-0.2, 0) is 4.79 Å². The Labute approximate surface area is 100 Å². The molecule has 4 heteroatoms. The minimum atomic E-state index is 0.0147. The zero-order chi connectivity index (χ0) is 11.1. The van der Waals surface area contributed by atoms with Crippen LogP contribution in [0.3, 0.4) is 0 Å². The van der Waals surface area contributed by atoms with Gasteiger partial charge in [0.05, 0.1) is 0 Å². The van der Waals surface area contributed by atoms with Gasteiger partial charge in [-0.15, -0.1) is 11.8 Å². The average molecular weight is 241 g/mol. The van der Waals surface area contributed by atoms with Crippen molar-refractivity contribution in [2.24, 2.45) is 0 Å². The Morgan fingerprint density at radius 1 is 1.40 bits per heavy atom. The lowest BCUT2D eigenvalue weighted by atomic mass is 10.3. The van der Waals surface area contributed by atoms with Crippen LogP contribution >= 0.6 is 24.4 Å². The molecule has 1 amide bonds. The van der Waals surface area contributed by atoms with Gasteiger partial charge in [-0.05, 0) is 35.8 Å². The maximum Gasteiger partial charge on any atom is 0.225 e. The number of hydrogen-bond acceptors (Lipinski definition) is 3. The zero-order valence-corrected chi connectivity index (χ0v) is 10.4. The van der Waals surface area contributed by atoms with Gasteiger partial charge in [-0.2, -0.15) is 12.6 Å². The minimum absolute atomic E-state index is 0.0147. The predicted molar refractivity (Wildman–Crippen MR) is 69.9 cm³/mol. The maximum atomic E-state index is 11.3.